The first-order chi connectivity index (χ1) is 9.10. The molecular formula is C15H19NO3. The summed E-state index contributed by atoms with van der Waals surface area (Å²) in [5.74, 6) is 1.10. The minimum atomic E-state index is -0.0702. The molecule has 1 aromatic heterocycles. The third-order valence-electron chi connectivity index (χ3n) is 2.85. The number of benzene rings is 1. The molecule has 102 valence electrons. The number of furan rings is 1. The highest BCUT2D eigenvalue weighted by atomic mass is 16.5. The molecule has 0 aliphatic carbocycles. The van der Waals surface area contributed by atoms with Crippen LogP contribution < -0.4 is 10.1 Å². The van der Waals surface area contributed by atoms with E-state index in [9.17, 15) is 4.79 Å². The number of hydrogen-bond donors (Lipinski definition) is 1. The SMILES string of the molecule is CCNC[C@@H](C)Oc1ccc2oc(C(C)=O)cc2c1. The molecule has 0 radical (unpaired) electrons. The number of fused-ring (bicyclic) bond motifs is 1. The van der Waals surface area contributed by atoms with Crippen molar-refractivity contribution in [3.8, 4) is 5.75 Å². The Kier molecular flexibility index (Phi) is 4.22. The van der Waals surface area contributed by atoms with Gasteiger partial charge in [-0.25, -0.2) is 0 Å². The topological polar surface area (TPSA) is 51.5 Å². The van der Waals surface area contributed by atoms with Crippen LogP contribution in [0.25, 0.3) is 11.0 Å². The highest BCUT2D eigenvalue weighted by molar-refractivity contribution is 5.96. The van der Waals surface area contributed by atoms with E-state index < -0.39 is 0 Å². The zero-order valence-electron chi connectivity index (χ0n) is 11.5. The molecule has 2 aromatic rings. The van der Waals surface area contributed by atoms with E-state index >= 15 is 0 Å². The van der Waals surface area contributed by atoms with Crippen LogP contribution in [0.2, 0.25) is 0 Å². The van der Waals surface area contributed by atoms with E-state index in [1.54, 1.807) is 6.07 Å². The highest BCUT2D eigenvalue weighted by Crippen LogP contribution is 2.25. The van der Waals surface area contributed by atoms with Gasteiger partial charge in [0, 0.05) is 18.9 Å². The lowest BCUT2D eigenvalue weighted by Crippen LogP contribution is -2.28. The number of rotatable bonds is 6. The van der Waals surface area contributed by atoms with Crippen molar-refractivity contribution in [3.05, 3.63) is 30.0 Å². The van der Waals surface area contributed by atoms with E-state index in [1.165, 1.54) is 6.92 Å². The number of ketones is 1. The Morgan fingerprint density at radius 3 is 2.89 bits per heavy atom. The van der Waals surface area contributed by atoms with Crippen molar-refractivity contribution in [3.63, 3.8) is 0 Å². The molecule has 0 unspecified atom stereocenters. The van der Waals surface area contributed by atoms with Gasteiger partial charge in [-0.2, -0.15) is 0 Å². The van der Waals surface area contributed by atoms with E-state index in [2.05, 4.69) is 12.2 Å². The van der Waals surface area contributed by atoms with Crippen molar-refractivity contribution >= 4 is 16.8 Å². The Balaban J connectivity index is 2.14. The molecule has 0 aliphatic rings. The summed E-state index contributed by atoms with van der Waals surface area (Å²) in [6.07, 6.45) is 0.0941. The average molecular weight is 261 g/mol. The number of likely N-dealkylation sites (N-methyl/N-ethyl adjacent to an activating group) is 1. The number of nitrogens with one attached hydrogen (secondary N) is 1. The summed E-state index contributed by atoms with van der Waals surface area (Å²) in [7, 11) is 0. The molecule has 1 N–H and O–H groups in total. The first-order valence-corrected chi connectivity index (χ1v) is 6.52. The standard InChI is InChI=1S/C15H19NO3/c1-4-16-9-10(2)18-13-5-6-14-12(7-13)8-15(19-14)11(3)17/h5-8,10,16H,4,9H2,1-3H3/t10-/m1/s1. The monoisotopic (exact) mass is 261 g/mol. The molecule has 1 atom stereocenters. The van der Waals surface area contributed by atoms with Gasteiger partial charge in [0.2, 0.25) is 0 Å². The largest absolute Gasteiger partial charge is 0.489 e. The van der Waals surface area contributed by atoms with E-state index in [0.717, 1.165) is 24.2 Å². The lowest BCUT2D eigenvalue weighted by molar-refractivity contribution is 0.0989. The molecular weight excluding hydrogens is 242 g/mol. The fourth-order valence-electron chi connectivity index (χ4n) is 1.89. The minimum Gasteiger partial charge on any atom is -0.489 e. The summed E-state index contributed by atoms with van der Waals surface area (Å²) in [5, 5.41) is 4.12. The van der Waals surface area contributed by atoms with Gasteiger partial charge in [0.25, 0.3) is 0 Å². The second kappa shape index (κ2) is 5.89. The van der Waals surface area contributed by atoms with Crippen molar-refractivity contribution < 1.29 is 13.9 Å². The molecule has 1 aromatic carbocycles. The zero-order chi connectivity index (χ0) is 13.8. The van der Waals surface area contributed by atoms with E-state index in [0.29, 0.717) is 11.3 Å². The molecule has 0 spiro atoms. The van der Waals surface area contributed by atoms with Crippen LogP contribution in [0, 0.1) is 0 Å². The van der Waals surface area contributed by atoms with Gasteiger partial charge in [-0.05, 0) is 37.7 Å². The Morgan fingerprint density at radius 2 is 2.21 bits per heavy atom. The molecule has 2 rings (SSSR count). The number of Topliss-reactive ketones (excluding diaryl/α,β-unsaturated/α-hetero) is 1. The molecule has 0 bridgehead atoms. The quantitative estimate of drug-likeness (QED) is 0.812. The summed E-state index contributed by atoms with van der Waals surface area (Å²) in [5.41, 5.74) is 0.705. The Morgan fingerprint density at radius 1 is 1.42 bits per heavy atom. The van der Waals surface area contributed by atoms with Gasteiger partial charge in [0.1, 0.15) is 17.4 Å². The first-order valence-electron chi connectivity index (χ1n) is 6.52. The fraction of sp³-hybridized carbons (Fsp3) is 0.400. The summed E-state index contributed by atoms with van der Waals surface area (Å²) >= 11 is 0. The van der Waals surface area contributed by atoms with Crippen molar-refractivity contribution in [2.24, 2.45) is 0 Å². The van der Waals surface area contributed by atoms with Crippen LogP contribution in [0.1, 0.15) is 31.3 Å². The summed E-state index contributed by atoms with van der Waals surface area (Å²) in [4.78, 5) is 11.3. The van der Waals surface area contributed by atoms with E-state index in [4.69, 9.17) is 9.15 Å². The van der Waals surface area contributed by atoms with Crippen molar-refractivity contribution in [1.29, 1.82) is 0 Å². The number of carbonyl (C=O) groups excluding carboxylic acids is 1. The van der Waals surface area contributed by atoms with Crippen LogP contribution in [0.3, 0.4) is 0 Å². The molecule has 4 heteroatoms. The predicted molar refractivity (Wildman–Crippen MR) is 74.9 cm³/mol. The van der Waals surface area contributed by atoms with Gasteiger partial charge in [-0.15, -0.1) is 0 Å². The van der Waals surface area contributed by atoms with Gasteiger partial charge < -0.3 is 14.5 Å². The minimum absolute atomic E-state index is 0.0702. The van der Waals surface area contributed by atoms with Crippen molar-refractivity contribution in [1.82, 2.24) is 5.32 Å². The zero-order valence-corrected chi connectivity index (χ0v) is 11.5. The van der Waals surface area contributed by atoms with Crippen LogP contribution in [0.5, 0.6) is 5.75 Å². The molecule has 19 heavy (non-hydrogen) atoms. The maximum absolute atomic E-state index is 11.3. The van der Waals surface area contributed by atoms with Gasteiger partial charge in [0.05, 0.1) is 0 Å². The molecule has 1 heterocycles. The Hall–Kier alpha value is -1.81. The van der Waals surface area contributed by atoms with Crippen LogP contribution >= 0.6 is 0 Å². The Bertz CT molecular complexity index is 574. The molecule has 0 saturated heterocycles. The maximum Gasteiger partial charge on any atom is 0.194 e. The van der Waals surface area contributed by atoms with Gasteiger partial charge in [-0.1, -0.05) is 6.92 Å². The highest BCUT2D eigenvalue weighted by Gasteiger charge is 2.09. The normalized spacial score (nSPS) is 12.6. The number of hydrogen-bond acceptors (Lipinski definition) is 4. The van der Waals surface area contributed by atoms with E-state index in [-0.39, 0.29) is 11.9 Å². The number of carbonyl (C=O) groups is 1. The summed E-state index contributed by atoms with van der Waals surface area (Å²) in [6.45, 7) is 7.30. The van der Waals surface area contributed by atoms with Crippen LogP contribution in [-0.2, 0) is 0 Å². The molecule has 0 fully saturated rings. The molecule has 0 amide bonds. The van der Waals surface area contributed by atoms with Crippen LogP contribution in [0.4, 0.5) is 0 Å². The first kappa shape index (κ1) is 13.6. The van der Waals surface area contributed by atoms with Gasteiger partial charge >= 0.3 is 0 Å². The maximum atomic E-state index is 11.3. The van der Waals surface area contributed by atoms with E-state index in [1.807, 2.05) is 25.1 Å². The smallest absolute Gasteiger partial charge is 0.194 e. The fourth-order valence-corrected chi connectivity index (χ4v) is 1.89. The second-order valence-electron chi connectivity index (χ2n) is 4.60. The Labute approximate surface area is 112 Å². The lowest BCUT2D eigenvalue weighted by Gasteiger charge is -2.14. The second-order valence-corrected chi connectivity index (χ2v) is 4.60. The average Bonchev–Trinajstić information content (AvgIpc) is 2.79. The third-order valence-corrected chi connectivity index (χ3v) is 2.85. The molecule has 0 saturated carbocycles. The summed E-state index contributed by atoms with van der Waals surface area (Å²) < 4.78 is 11.2. The van der Waals surface area contributed by atoms with Crippen LogP contribution in [0.15, 0.2) is 28.7 Å². The molecule has 4 nitrogen and oxygen atoms in total. The van der Waals surface area contributed by atoms with Crippen molar-refractivity contribution in [2.45, 2.75) is 26.9 Å². The summed E-state index contributed by atoms with van der Waals surface area (Å²) in [6, 6.07) is 7.34. The lowest BCUT2D eigenvalue weighted by atomic mass is 10.2. The van der Waals surface area contributed by atoms with Gasteiger partial charge in [0.15, 0.2) is 11.5 Å². The van der Waals surface area contributed by atoms with Gasteiger partial charge in [-0.3, -0.25) is 4.79 Å². The third kappa shape index (κ3) is 3.35. The van der Waals surface area contributed by atoms with Crippen molar-refractivity contribution in [2.75, 3.05) is 13.1 Å². The van der Waals surface area contributed by atoms with Crippen LogP contribution in [-0.4, -0.2) is 25.0 Å². The number of ether oxygens (including phenoxy) is 1. The molecule has 0 aliphatic heterocycles. The predicted octanol–water partition coefficient (Wildman–Crippen LogP) is 3.01.